The molecule has 0 unspecified atom stereocenters. The van der Waals surface area contributed by atoms with E-state index < -0.39 is 5.41 Å². The predicted octanol–water partition coefficient (Wildman–Crippen LogP) is 4.05. The van der Waals surface area contributed by atoms with Crippen LogP contribution in [-0.4, -0.2) is 18.5 Å². The topological polar surface area (TPSA) is 55.4 Å². The zero-order valence-corrected chi connectivity index (χ0v) is 14.3. The molecule has 26 heavy (non-hydrogen) atoms. The van der Waals surface area contributed by atoms with Crippen LogP contribution in [0.4, 0.5) is 5.69 Å². The lowest BCUT2D eigenvalue weighted by molar-refractivity contribution is -0.150. The standard InChI is InChI=1S/C22H19NO3/c24-20(23-19-12-6-8-16-7-4-5-11-18(16)19)15-26-21(25)22(13-14-22)17-9-2-1-3-10-17/h1-12H,13-15H2,(H,23,24). The van der Waals surface area contributed by atoms with Crippen LogP contribution in [0.2, 0.25) is 0 Å². The molecule has 1 aliphatic rings. The summed E-state index contributed by atoms with van der Waals surface area (Å²) >= 11 is 0. The van der Waals surface area contributed by atoms with E-state index in [9.17, 15) is 9.59 Å². The molecule has 4 heteroatoms. The molecule has 0 saturated heterocycles. The van der Waals surface area contributed by atoms with Crippen molar-refractivity contribution in [3.8, 4) is 0 Å². The number of hydrogen-bond acceptors (Lipinski definition) is 3. The van der Waals surface area contributed by atoms with Crippen LogP contribution in [0.5, 0.6) is 0 Å². The van der Waals surface area contributed by atoms with Crippen molar-refractivity contribution in [3.63, 3.8) is 0 Å². The highest BCUT2D eigenvalue weighted by atomic mass is 16.5. The quantitative estimate of drug-likeness (QED) is 0.710. The minimum atomic E-state index is -0.568. The van der Waals surface area contributed by atoms with Gasteiger partial charge in [-0.15, -0.1) is 0 Å². The summed E-state index contributed by atoms with van der Waals surface area (Å²) in [5.74, 6) is -0.657. The van der Waals surface area contributed by atoms with Crippen LogP contribution in [0, 0.1) is 0 Å². The SMILES string of the molecule is O=C(COC(=O)C1(c2ccccc2)CC1)Nc1cccc2ccccc12. The normalized spacial score (nSPS) is 14.6. The van der Waals surface area contributed by atoms with E-state index in [1.807, 2.05) is 72.8 Å². The van der Waals surface area contributed by atoms with Crippen molar-refractivity contribution in [2.45, 2.75) is 18.3 Å². The lowest BCUT2D eigenvalue weighted by atomic mass is 9.96. The first-order chi connectivity index (χ1) is 12.7. The summed E-state index contributed by atoms with van der Waals surface area (Å²) < 4.78 is 5.32. The summed E-state index contributed by atoms with van der Waals surface area (Å²) in [4.78, 5) is 24.8. The van der Waals surface area contributed by atoms with E-state index in [0.717, 1.165) is 29.2 Å². The predicted molar refractivity (Wildman–Crippen MR) is 101 cm³/mol. The Hall–Kier alpha value is -3.14. The summed E-state index contributed by atoms with van der Waals surface area (Å²) in [6, 6.07) is 23.1. The first-order valence-electron chi connectivity index (χ1n) is 8.69. The van der Waals surface area contributed by atoms with Crippen molar-refractivity contribution in [2.75, 3.05) is 11.9 Å². The maximum atomic E-state index is 12.5. The molecule has 1 N–H and O–H groups in total. The number of benzene rings is 3. The maximum Gasteiger partial charge on any atom is 0.317 e. The number of carbonyl (C=O) groups excluding carboxylic acids is 2. The fraction of sp³-hybridized carbons (Fsp3) is 0.182. The highest BCUT2D eigenvalue weighted by molar-refractivity contribution is 6.03. The Bertz CT molecular complexity index is 956. The van der Waals surface area contributed by atoms with Crippen LogP contribution in [-0.2, 0) is 19.7 Å². The molecule has 0 atom stereocenters. The Kier molecular flexibility index (Phi) is 4.17. The van der Waals surface area contributed by atoms with Crippen molar-refractivity contribution in [3.05, 3.63) is 78.4 Å². The van der Waals surface area contributed by atoms with Crippen molar-refractivity contribution in [2.24, 2.45) is 0 Å². The number of hydrogen-bond donors (Lipinski definition) is 1. The van der Waals surface area contributed by atoms with Crippen LogP contribution < -0.4 is 5.32 Å². The molecule has 3 aromatic rings. The second-order valence-corrected chi connectivity index (χ2v) is 6.60. The van der Waals surface area contributed by atoms with E-state index in [2.05, 4.69) is 5.32 Å². The molecule has 0 radical (unpaired) electrons. The lowest BCUT2D eigenvalue weighted by Gasteiger charge is -2.15. The van der Waals surface area contributed by atoms with Gasteiger partial charge in [0, 0.05) is 11.1 Å². The molecule has 1 saturated carbocycles. The molecule has 3 aromatic carbocycles. The fourth-order valence-corrected chi connectivity index (χ4v) is 3.28. The van der Waals surface area contributed by atoms with Gasteiger partial charge in [-0.25, -0.2) is 0 Å². The van der Waals surface area contributed by atoms with E-state index in [1.165, 1.54) is 0 Å². The number of esters is 1. The average molecular weight is 345 g/mol. The van der Waals surface area contributed by atoms with E-state index >= 15 is 0 Å². The van der Waals surface area contributed by atoms with Crippen molar-refractivity contribution < 1.29 is 14.3 Å². The van der Waals surface area contributed by atoms with E-state index in [0.29, 0.717) is 5.69 Å². The Morgan fingerprint density at radius 3 is 2.35 bits per heavy atom. The summed E-state index contributed by atoms with van der Waals surface area (Å²) in [6.45, 7) is -0.281. The highest BCUT2D eigenvalue weighted by Gasteiger charge is 2.52. The Morgan fingerprint density at radius 1 is 0.885 bits per heavy atom. The number of amides is 1. The summed E-state index contributed by atoms with van der Waals surface area (Å²) in [5.41, 5.74) is 1.11. The molecule has 0 bridgehead atoms. The van der Waals surface area contributed by atoms with Gasteiger partial charge >= 0.3 is 5.97 Å². The van der Waals surface area contributed by atoms with Crippen LogP contribution in [0.15, 0.2) is 72.8 Å². The molecule has 0 spiro atoms. The number of anilines is 1. The largest absolute Gasteiger partial charge is 0.455 e. The molecular weight excluding hydrogens is 326 g/mol. The van der Waals surface area contributed by atoms with Gasteiger partial charge in [-0.1, -0.05) is 66.7 Å². The van der Waals surface area contributed by atoms with Gasteiger partial charge in [-0.2, -0.15) is 0 Å². The molecule has 130 valence electrons. The first-order valence-corrected chi connectivity index (χ1v) is 8.69. The molecule has 1 aliphatic carbocycles. The van der Waals surface area contributed by atoms with Gasteiger partial charge in [0.1, 0.15) is 0 Å². The van der Waals surface area contributed by atoms with Crippen molar-refractivity contribution in [1.82, 2.24) is 0 Å². The van der Waals surface area contributed by atoms with E-state index in [1.54, 1.807) is 0 Å². The number of carbonyl (C=O) groups is 2. The van der Waals surface area contributed by atoms with Crippen LogP contribution in [0.3, 0.4) is 0 Å². The zero-order chi connectivity index (χ0) is 18.0. The van der Waals surface area contributed by atoms with Crippen molar-refractivity contribution >= 4 is 28.3 Å². The maximum absolute atomic E-state index is 12.5. The van der Waals surface area contributed by atoms with Crippen LogP contribution >= 0.6 is 0 Å². The van der Waals surface area contributed by atoms with Gasteiger partial charge in [0.15, 0.2) is 6.61 Å². The van der Waals surface area contributed by atoms with E-state index in [4.69, 9.17) is 4.74 Å². The minimum Gasteiger partial charge on any atom is -0.455 e. The Morgan fingerprint density at radius 2 is 1.58 bits per heavy atom. The van der Waals surface area contributed by atoms with Gasteiger partial charge in [-0.3, -0.25) is 9.59 Å². The molecule has 4 rings (SSSR count). The minimum absolute atomic E-state index is 0.281. The number of rotatable bonds is 5. The Balaban J connectivity index is 1.41. The number of ether oxygens (including phenoxy) is 1. The van der Waals surface area contributed by atoms with Crippen molar-refractivity contribution in [1.29, 1.82) is 0 Å². The fourth-order valence-electron chi connectivity index (χ4n) is 3.28. The summed E-state index contributed by atoms with van der Waals surface area (Å²) in [5, 5.41) is 4.84. The third kappa shape index (κ3) is 3.06. The van der Waals surface area contributed by atoms with Gasteiger partial charge in [0.2, 0.25) is 0 Å². The molecule has 1 fully saturated rings. The van der Waals surface area contributed by atoms with Gasteiger partial charge in [-0.05, 0) is 29.9 Å². The molecular formula is C22H19NO3. The van der Waals surface area contributed by atoms with Gasteiger partial charge < -0.3 is 10.1 Å². The molecule has 4 nitrogen and oxygen atoms in total. The summed E-state index contributed by atoms with van der Waals surface area (Å²) in [6.07, 6.45) is 1.53. The first kappa shape index (κ1) is 16.3. The third-order valence-corrected chi connectivity index (χ3v) is 4.87. The van der Waals surface area contributed by atoms with E-state index in [-0.39, 0.29) is 18.5 Å². The average Bonchev–Trinajstić information content (AvgIpc) is 3.49. The Labute approximate surface area is 151 Å². The second-order valence-electron chi connectivity index (χ2n) is 6.60. The lowest BCUT2D eigenvalue weighted by Crippen LogP contribution is -2.28. The molecule has 0 aromatic heterocycles. The zero-order valence-electron chi connectivity index (χ0n) is 14.3. The van der Waals surface area contributed by atoms with Gasteiger partial charge in [0.25, 0.3) is 5.91 Å². The smallest absolute Gasteiger partial charge is 0.317 e. The second kappa shape index (κ2) is 6.64. The molecule has 0 heterocycles. The highest BCUT2D eigenvalue weighted by Crippen LogP contribution is 2.49. The number of nitrogens with one attached hydrogen (secondary N) is 1. The summed E-state index contributed by atoms with van der Waals surface area (Å²) in [7, 11) is 0. The molecule has 1 amide bonds. The van der Waals surface area contributed by atoms with Crippen LogP contribution in [0.1, 0.15) is 18.4 Å². The van der Waals surface area contributed by atoms with Gasteiger partial charge in [0.05, 0.1) is 5.41 Å². The van der Waals surface area contributed by atoms with Crippen LogP contribution in [0.25, 0.3) is 10.8 Å². The monoisotopic (exact) mass is 345 g/mol. The third-order valence-electron chi connectivity index (χ3n) is 4.87. The number of fused-ring (bicyclic) bond motifs is 1. The molecule has 0 aliphatic heterocycles.